The van der Waals surface area contributed by atoms with Gasteiger partial charge in [-0.1, -0.05) is 12.2 Å². The van der Waals surface area contributed by atoms with Crippen LogP contribution in [0.3, 0.4) is 0 Å². The number of alkyl halides is 3. The third-order valence-corrected chi connectivity index (χ3v) is 2.04. The molecule has 1 aliphatic carbocycles. The van der Waals surface area contributed by atoms with Crippen LogP contribution in [-0.2, 0) is 9.53 Å². The summed E-state index contributed by atoms with van der Waals surface area (Å²) >= 11 is 0. The first-order chi connectivity index (χ1) is 6.96. The van der Waals surface area contributed by atoms with Gasteiger partial charge in [0.15, 0.2) is 0 Å². The van der Waals surface area contributed by atoms with Gasteiger partial charge in [0, 0.05) is 11.1 Å². The van der Waals surface area contributed by atoms with Gasteiger partial charge in [0.1, 0.15) is 0 Å². The molecular weight excluding hydrogens is 209 g/mol. The van der Waals surface area contributed by atoms with Crippen LogP contribution in [0.25, 0.3) is 0 Å². The Kier molecular flexibility index (Phi) is 3.55. The zero-order valence-electron chi connectivity index (χ0n) is 8.23. The average molecular weight is 220 g/mol. The first kappa shape index (κ1) is 11.8. The molecule has 0 heterocycles. The van der Waals surface area contributed by atoms with Crippen LogP contribution in [0.5, 0.6) is 0 Å². The molecule has 0 aromatic carbocycles. The maximum atomic E-state index is 12.5. The summed E-state index contributed by atoms with van der Waals surface area (Å²) in [4.78, 5) is 11.2. The first-order valence-electron chi connectivity index (χ1n) is 4.58. The number of ether oxygens (including phenoxy) is 1. The number of carbonyl (C=O) groups excluding carboxylic acids is 1. The highest BCUT2D eigenvalue weighted by atomic mass is 19.4. The topological polar surface area (TPSA) is 26.3 Å². The second kappa shape index (κ2) is 4.51. The Balaban J connectivity index is 2.97. The number of allylic oxidation sites excluding steroid dienone is 3. The molecule has 0 aliphatic heterocycles. The standard InChI is InChI=1S/C10H11F3O2/c1-2-15-9(14)7-5-3-4-6-8(7)10(11,12)13/h3-4H,2,5-6H2,1H3. The second-order valence-electron chi connectivity index (χ2n) is 3.05. The highest BCUT2D eigenvalue weighted by molar-refractivity contribution is 5.90. The summed E-state index contributed by atoms with van der Waals surface area (Å²) in [6, 6.07) is 0. The lowest BCUT2D eigenvalue weighted by Gasteiger charge is -2.17. The Morgan fingerprint density at radius 1 is 1.40 bits per heavy atom. The van der Waals surface area contributed by atoms with Gasteiger partial charge in [-0.2, -0.15) is 13.2 Å². The Labute approximate surface area is 85.4 Å². The molecule has 0 atom stereocenters. The van der Waals surface area contributed by atoms with Gasteiger partial charge in [0.2, 0.25) is 0 Å². The minimum atomic E-state index is -4.45. The molecule has 0 bridgehead atoms. The number of rotatable bonds is 2. The molecule has 0 saturated heterocycles. The van der Waals surface area contributed by atoms with Crippen molar-refractivity contribution in [2.45, 2.75) is 25.9 Å². The molecule has 0 amide bonds. The first-order valence-corrected chi connectivity index (χ1v) is 4.58. The fourth-order valence-corrected chi connectivity index (χ4v) is 1.36. The maximum Gasteiger partial charge on any atom is 0.413 e. The van der Waals surface area contributed by atoms with Crippen LogP contribution in [0.4, 0.5) is 13.2 Å². The van der Waals surface area contributed by atoms with Gasteiger partial charge in [0.05, 0.1) is 6.61 Å². The Morgan fingerprint density at radius 2 is 2.00 bits per heavy atom. The minimum Gasteiger partial charge on any atom is -0.463 e. The third-order valence-electron chi connectivity index (χ3n) is 2.04. The second-order valence-corrected chi connectivity index (χ2v) is 3.05. The Bertz CT molecular complexity index is 313. The summed E-state index contributed by atoms with van der Waals surface area (Å²) in [5.41, 5.74) is -1.06. The van der Waals surface area contributed by atoms with E-state index in [-0.39, 0.29) is 25.0 Å². The van der Waals surface area contributed by atoms with Gasteiger partial charge in [-0.15, -0.1) is 0 Å². The highest BCUT2D eigenvalue weighted by Gasteiger charge is 2.38. The average Bonchev–Trinajstić information content (AvgIpc) is 2.17. The smallest absolute Gasteiger partial charge is 0.413 e. The van der Waals surface area contributed by atoms with Crippen LogP contribution in [0.2, 0.25) is 0 Å². The lowest BCUT2D eigenvalue weighted by Crippen LogP contribution is -2.20. The van der Waals surface area contributed by atoms with E-state index in [1.807, 2.05) is 0 Å². The molecule has 0 saturated carbocycles. The molecule has 1 rings (SSSR count). The van der Waals surface area contributed by atoms with E-state index in [9.17, 15) is 18.0 Å². The van der Waals surface area contributed by atoms with E-state index in [1.54, 1.807) is 13.0 Å². The van der Waals surface area contributed by atoms with Crippen LogP contribution in [-0.4, -0.2) is 18.8 Å². The van der Waals surface area contributed by atoms with Crippen LogP contribution < -0.4 is 0 Å². The van der Waals surface area contributed by atoms with E-state index in [1.165, 1.54) is 6.08 Å². The number of hydrogen-bond acceptors (Lipinski definition) is 2. The van der Waals surface area contributed by atoms with Gasteiger partial charge in [-0.3, -0.25) is 0 Å². The van der Waals surface area contributed by atoms with E-state index >= 15 is 0 Å². The van der Waals surface area contributed by atoms with Crippen molar-refractivity contribution in [3.63, 3.8) is 0 Å². The van der Waals surface area contributed by atoms with Crippen LogP contribution >= 0.6 is 0 Å². The molecule has 0 radical (unpaired) electrons. The normalized spacial score (nSPS) is 16.8. The summed E-state index contributed by atoms with van der Waals surface area (Å²) in [6.07, 6.45) is -1.76. The van der Waals surface area contributed by atoms with E-state index in [0.717, 1.165) is 0 Å². The zero-order chi connectivity index (χ0) is 11.5. The summed E-state index contributed by atoms with van der Waals surface area (Å²) in [6.45, 7) is 1.64. The molecule has 0 unspecified atom stereocenters. The lowest BCUT2D eigenvalue weighted by molar-refractivity contribution is -0.140. The molecule has 0 aromatic heterocycles. The Hall–Kier alpha value is -1.26. The molecule has 5 heteroatoms. The van der Waals surface area contributed by atoms with Crippen molar-refractivity contribution in [3.05, 3.63) is 23.3 Å². The molecule has 2 nitrogen and oxygen atoms in total. The number of carbonyl (C=O) groups is 1. The molecule has 15 heavy (non-hydrogen) atoms. The third kappa shape index (κ3) is 2.84. The highest BCUT2D eigenvalue weighted by Crippen LogP contribution is 2.34. The number of hydrogen-bond donors (Lipinski definition) is 0. The summed E-state index contributed by atoms with van der Waals surface area (Å²) in [5, 5.41) is 0. The molecule has 1 aliphatic rings. The van der Waals surface area contributed by atoms with E-state index in [2.05, 4.69) is 4.74 Å². The van der Waals surface area contributed by atoms with E-state index in [0.29, 0.717) is 0 Å². The lowest BCUT2D eigenvalue weighted by atomic mass is 9.96. The van der Waals surface area contributed by atoms with Crippen molar-refractivity contribution in [1.82, 2.24) is 0 Å². The number of halogens is 3. The van der Waals surface area contributed by atoms with Crippen molar-refractivity contribution in [2.75, 3.05) is 6.61 Å². The molecule has 84 valence electrons. The molecule has 0 N–H and O–H groups in total. The van der Waals surface area contributed by atoms with Crippen molar-refractivity contribution in [3.8, 4) is 0 Å². The quantitative estimate of drug-likeness (QED) is 0.528. The molecule has 0 fully saturated rings. The van der Waals surface area contributed by atoms with Crippen molar-refractivity contribution >= 4 is 5.97 Å². The van der Waals surface area contributed by atoms with E-state index in [4.69, 9.17) is 0 Å². The fraction of sp³-hybridized carbons (Fsp3) is 0.500. The van der Waals surface area contributed by atoms with Crippen molar-refractivity contribution < 1.29 is 22.7 Å². The summed E-state index contributed by atoms with van der Waals surface area (Å²) in [5.74, 6) is -0.867. The van der Waals surface area contributed by atoms with Crippen LogP contribution in [0.1, 0.15) is 19.8 Å². The van der Waals surface area contributed by atoms with E-state index < -0.39 is 17.7 Å². The van der Waals surface area contributed by atoms with Gasteiger partial charge in [0.25, 0.3) is 0 Å². The summed E-state index contributed by atoms with van der Waals surface area (Å²) in [7, 11) is 0. The molecule has 0 spiro atoms. The fourth-order valence-electron chi connectivity index (χ4n) is 1.36. The van der Waals surface area contributed by atoms with Crippen molar-refractivity contribution in [2.24, 2.45) is 0 Å². The Morgan fingerprint density at radius 3 is 2.53 bits per heavy atom. The van der Waals surface area contributed by atoms with Crippen molar-refractivity contribution in [1.29, 1.82) is 0 Å². The maximum absolute atomic E-state index is 12.5. The monoisotopic (exact) mass is 220 g/mol. The minimum absolute atomic E-state index is 0.00627. The predicted molar refractivity (Wildman–Crippen MR) is 48.1 cm³/mol. The SMILES string of the molecule is CCOC(=O)C1=C(C(F)(F)F)CC=CC1. The van der Waals surface area contributed by atoms with Gasteiger partial charge in [-0.25, -0.2) is 4.79 Å². The van der Waals surface area contributed by atoms with Gasteiger partial charge >= 0.3 is 12.1 Å². The van der Waals surface area contributed by atoms with Gasteiger partial charge in [-0.05, 0) is 19.8 Å². The zero-order valence-corrected chi connectivity index (χ0v) is 8.23. The van der Waals surface area contributed by atoms with Crippen LogP contribution in [0.15, 0.2) is 23.3 Å². The number of esters is 1. The van der Waals surface area contributed by atoms with Crippen LogP contribution in [0, 0.1) is 0 Å². The summed E-state index contributed by atoms with van der Waals surface area (Å²) < 4.78 is 42.1. The van der Waals surface area contributed by atoms with Gasteiger partial charge < -0.3 is 4.74 Å². The molecule has 0 aromatic rings. The predicted octanol–water partition coefficient (Wildman–Crippen LogP) is 2.76. The largest absolute Gasteiger partial charge is 0.463 e. The molecular formula is C10H11F3O2.